The molecule has 3 aromatic rings. The van der Waals surface area contributed by atoms with Gasteiger partial charge < -0.3 is 15.2 Å². The van der Waals surface area contributed by atoms with Crippen molar-refractivity contribution in [1.82, 2.24) is 9.97 Å². The lowest BCUT2D eigenvalue weighted by Gasteiger charge is -2.10. The number of carboxylic acid groups (broad SMARTS) is 1. The van der Waals surface area contributed by atoms with Crippen LogP contribution in [0.2, 0.25) is 0 Å². The molecular formula is C16H10N3O3-. The molecule has 1 amide bonds. The summed E-state index contributed by atoms with van der Waals surface area (Å²) in [4.78, 5) is 31.6. The first-order valence-corrected chi connectivity index (χ1v) is 6.49. The van der Waals surface area contributed by atoms with Gasteiger partial charge in [0.05, 0.1) is 17.0 Å². The number of aromatic carboxylic acids is 1. The van der Waals surface area contributed by atoms with Crippen molar-refractivity contribution in [2.24, 2.45) is 0 Å². The molecule has 0 unspecified atom stereocenters. The number of hydrogen-bond donors (Lipinski definition) is 1. The largest absolute Gasteiger partial charge is 0.543 e. The Morgan fingerprint density at radius 2 is 1.36 bits per heavy atom. The summed E-state index contributed by atoms with van der Waals surface area (Å²) in [7, 11) is 0. The Morgan fingerprint density at radius 1 is 0.818 bits per heavy atom. The number of nitrogens with zero attached hydrogens (tertiary/aromatic N) is 2. The molecule has 1 N–H and O–H groups in total. The summed E-state index contributed by atoms with van der Waals surface area (Å²) in [6, 6.07) is 15.4. The van der Waals surface area contributed by atoms with Crippen molar-refractivity contribution in [1.29, 1.82) is 0 Å². The highest BCUT2D eigenvalue weighted by atomic mass is 16.4. The zero-order valence-electron chi connectivity index (χ0n) is 11.3. The number of anilines is 1. The average Bonchev–Trinajstić information content (AvgIpc) is 2.54. The summed E-state index contributed by atoms with van der Waals surface area (Å²) < 4.78 is 0. The second kappa shape index (κ2) is 5.61. The average molecular weight is 292 g/mol. The number of aromatic nitrogens is 2. The van der Waals surface area contributed by atoms with Crippen molar-refractivity contribution in [3.05, 3.63) is 66.0 Å². The number of benzene rings is 2. The Morgan fingerprint density at radius 3 is 1.95 bits per heavy atom. The lowest BCUT2D eigenvalue weighted by atomic mass is 10.2. The van der Waals surface area contributed by atoms with E-state index in [1.807, 2.05) is 0 Å². The maximum atomic E-state index is 12.3. The second-order valence-corrected chi connectivity index (χ2v) is 4.52. The van der Waals surface area contributed by atoms with Crippen LogP contribution in [0.25, 0.3) is 11.0 Å². The van der Waals surface area contributed by atoms with Gasteiger partial charge in [-0.1, -0.05) is 30.3 Å². The molecule has 1 aromatic heterocycles. The van der Waals surface area contributed by atoms with Crippen LogP contribution in [-0.4, -0.2) is 21.8 Å². The zero-order chi connectivity index (χ0) is 15.5. The molecule has 0 saturated carbocycles. The Hall–Kier alpha value is -3.28. The highest BCUT2D eigenvalue weighted by Crippen LogP contribution is 2.14. The lowest BCUT2D eigenvalue weighted by molar-refractivity contribution is -0.255. The molecule has 0 radical (unpaired) electrons. The van der Waals surface area contributed by atoms with Crippen molar-refractivity contribution < 1.29 is 14.7 Å². The summed E-state index contributed by atoms with van der Waals surface area (Å²) in [5.41, 5.74) is 0.602. The molecule has 6 heteroatoms. The molecule has 108 valence electrons. The van der Waals surface area contributed by atoms with E-state index in [2.05, 4.69) is 15.3 Å². The first-order valence-electron chi connectivity index (χ1n) is 6.49. The van der Waals surface area contributed by atoms with Crippen LogP contribution >= 0.6 is 0 Å². The highest BCUT2D eigenvalue weighted by Gasteiger charge is 2.17. The number of hydrogen-bond acceptors (Lipinski definition) is 5. The first kappa shape index (κ1) is 13.7. The smallest absolute Gasteiger partial charge is 0.276 e. The fourth-order valence-electron chi connectivity index (χ4n) is 2.01. The van der Waals surface area contributed by atoms with E-state index in [1.54, 1.807) is 54.6 Å². The molecule has 0 aliphatic rings. The first-order chi connectivity index (χ1) is 10.6. The molecule has 22 heavy (non-hydrogen) atoms. The van der Waals surface area contributed by atoms with Gasteiger partial charge in [0.1, 0.15) is 5.69 Å². The third kappa shape index (κ3) is 2.62. The van der Waals surface area contributed by atoms with E-state index in [0.29, 0.717) is 16.7 Å². The van der Waals surface area contributed by atoms with Gasteiger partial charge in [-0.3, -0.25) is 4.79 Å². The third-order valence-electron chi connectivity index (χ3n) is 3.01. The number of amides is 1. The quantitative estimate of drug-likeness (QED) is 0.783. The van der Waals surface area contributed by atoms with Crippen LogP contribution < -0.4 is 10.4 Å². The molecule has 1 heterocycles. The maximum Gasteiger partial charge on any atom is 0.276 e. The standard InChI is InChI=1S/C16H11N3O3/c20-15(17-10-6-2-1-3-7-10)13-14(16(21)22)19-12-9-5-4-8-11(12)18-13/h1-9H,(H,17,20)(H,21,22)/p-1. The van der Waals surface area contributed by atoms with Crippen LogP contribution in [0, 0.1) is 0 Å². The van der Waals surface area contributed by atoms with Gasteiger partial charge in [-0.15, -0.1) is 0 Å². The zero-order valence-corrected chi connectivity index (χ0v) is 11.3. The number of carbonyl (C=O) groups excluding carboxylic acids is 2. The monoisotopic (exact) mass is 292 g/mol. The lowest BCUT2D eigenvalue weighted by Crippen LogP contribution is -2.29. The molecule has 6 nitrogen and oxygen atoms in total. The van der Waals surface area contributed by atoms with E-state index in [1.165, 1.54) is 0 Å². The van der Waals surface area contributed by atoms with Crippen molar-refractivity contribution in [3.8, 4) is 0 Å². The van der Waals surface area contributed by atoms with Gasteiger partial charge in [0.25, 0.3) is 5.91 Å². The minimum atomic E-state index is -1.54. The Labute approximate surface area is 125 Å². The van der Waals surface area contributed by atoms with Gasteiger partial charge in [0.15, 0.2) is 5.69 Å². The number of carbonyl (C=O) groups is 2. The van der Waals surface area contributed by atoms with Gasteiger partial charge in [0.2, 0.25) is 0 Å². The Kier molecular flexibility index (Phi) is 3.49. The summed E-state index contributed by atoms with van der Waals surface area (Å²) in [5.74, 6) is -2.19. The van der Waals surface area contributed by atoms with Gasteiger partial charge in [-0.05, 0) is 24.3 Å². The minimum Gasteiger partial charge on any atom is -0.543 e. The molecule has 0 aliphatic heterocycles. The third-order valence-corrected chi connectivity index (χ3v) is 3.01. The van der Waals surface area contributed by atoms with Crippen LogP contribution in [0.4, 0.5) is 5.69 Å². The number of nitrogens with one attached hydrogen (secondary N) is 1. The van der Waals surface area contributed by atoms with E-state index in [-0.39, 0.29) is 5.69 Å². The Balaban J connectivity index is 2.06. The Bertz CT molecular complexity index is 863. The van der Waals surface area contributed by atoms with Crippen molar-refractivity contribution in [2.45, 2.75) is 0 Å². The van der Waals surface area contributed by atoms with Gasteiger partial charge in [-0.2, -0.15) is 0 Å². The minimum absolute atomic E-state index is 0.275. The molecule has 0 aliphatic carbocycles. The second-order valence-electron chi connectivity index (χ2n) is 4.52. The molecule has 0 atom stereocenters. The summed E-state index contributed by atoms with van der Waals surface area (Å²) in [6.07, 6.45) is 0. The van der Waals surface area contributed by atoms with Gasteiger partial charge in [0, 0.05) is 5.69 Å². The van der Waals surface area contributed by atoms with Crippen molar-refractivity contribution >= 4 is 28.6 Å². The fraction of sp³-hybridized carbons (Fsp3) is 0. The summed E-state index contributed by atoms with van der Waals surface area (Å²) in [6.45, 7) is 0. The predicted molar refractivity (Wildman–Crippen MR) is 78.3 cm³/mol. The van der Waals surface area contributed by atoms with E-state index in [0.717, 1.165) is 0 Å². The van der Waals surface area contributed by atoms with Crippen LogP contribution in [0.15, 0.2) is 54.6 Å². The van der Waals surface area contributed by atoms with E-state index in [4.69, 9.17) is 0 Å². The summed E-state index contributed by atoms with van der Waals surface area (Å²) in [5, 5.41) is 13.8. The van der Waals surface area contributed by atoms with Crippen molar-refractivity contribution in [3.63, 3.8) is 0 Å². The SMILES string of the molecule is O=C([O-])c1nc2ccccc2nc1C(=O)Nc1ccccc1. The molecule has 2 aromatic carbocycles. The molecule has 0 saturated heterocycles. The predicted octanol–water partition coefficient (Wildman–Crippen LogP) is 1.25. The van der Waals surface area contributed by atoms with E-state index >= 15 is 0 Å². The van der Waals surface area contributed by atoms with Crippen LogP contribution in [-0.2, 0) is 0 Å². The number of fused-ring (bicyclic) bond motifs is 1. The van der Waals surface area contributed by atoms with E-state index in [9.17, 15) is 14.7 Å². The molecule has 0 fully saturated rings. The van der Waals surface area contributed by atoms with Crippen molar-refractivity contribution in [2.75, 3.05) is 5.32 Å². The maximum absolute atomic E-state index is 12.3. The number of rotatable bonds is 3. The van der Waals surface area contributed by atoms with E-state index < -0.39 is 17.6 Å². The number of para-hydroxylation sites is 3. The van der Waals surface area contributed by atoms with Crippen LogP contribution in [0.5, 0.6) is 0 Å². The highest BCUT2D eigenvalue weighted by molar-refractivity contribution is 6.09. The summed E-state index contributed by atoms with van der Waals surface area (Å²) >= 11 is 0. The topological polar surface area (TPSA) is 95.0 Å². The number of carboxylic acids is 1. The van der Waals surface area contributed by atoms with Crippen LogP contribution in [0.1, 0.15) is 21.0 Å². The molecule has 3 rings (SSSR count). The molecule has 0 spiro atoms. The van der Waals surface area contributed by atoms with Crippen LogP contribution in [0.3, 0.4) is 0 Å². The van der Waals surface area contributed by atoms with Gasteiger partial charge >= 0.3 is 0 Å². The molecular weight excluding hydrogens is 282 g/mol. The fourth-order valence-corrected chi connectivity index (χ4v) is 2.01. The van der Waals surface area contributed by atoms with Gasteiger partial charge in [-0.25, -0.2) is 9.97 Å². The normalized spacial score (nSPS) is 10.4. The molecule has 0 bridgehead atoms.